The normalized spacial score (nSPS) is 33.2. The Balaban J connectivity index is 1.51. The molecule has 0 unspecified atom stereocenters. The molecule has 2 N–H and O–H groups in total. The first-order valence-corrected chi connectivity index (χ1v) is 6.41. The lowest BCUT2D eigenvalue weighted by Crippen LogP contribution is -2.76. The van der Waals surface area contributed by atoms with Crippen molar-refractivity contribution in [1.82, 2.24) is 9.78 Å². The molecule has 8 heteroatoms. The van der Waals surface area contributed by atoms with E-state index in [-0.39, 0.29) is 17.7 Å². The first-order valence-electron chi connectivity index (χ1n) is 6.41. The van der Waals surface area contributed by atoms with Gasteiger partial charge in [0.05, 0.1) is 24.0 Å². The Bertz CT molecular complexity index is 495. The van der Waals surface area contributed by atoms with E-state index < -0.39 is 12.5 Å². The highest BCUT2D eigenvalue weighted by atomic mass is 19.4. The van der Waals surface area contributed by atoms with E-state index in [0.717, 1.165) is 19.3 Å². The summed E-state index contributed by atoms with van der Waals surface area (Å²) in [7, 11) is 0. The summed E-state index contributed by atoms with van der Waals surface area (Å²) in [5.74, 6) is 0.443. The van der Waals surface area contributed by atoms with Gasteiger partial charge in [-0.3, -0.25) is 9.42 Å². The van der Waals surface area contributed by atoms with Crippen LogP contribution in [-0.2, 0) is 10.3 Å². The Morgan fingerprint density at radius 2 is 2.10 bits per heavy atom. The van der Waals surface area contributed by atoms with E-state index in [1.165, 1.54) is 13.1 Å². The van der Waals surface area contributed by atoms with Gasteiger partial charge in [0, 0.05) is 5.54 Å². The van der Waals surface area contributed by atoms with Crippen molar-refractivity contribution in [2.75, 3.05) is 6.61 Å². The maximum atomic E-state index is 12.0. The number of aromatic nitrogens is 2. The molecule has 0 amide bonds. The molecule has 112 valence electrons. The van der Waals surface area contributed by atoms with Crippen LogP contribution >= 0.6 is 0 Å². The average Bonchev–Trinajstić information content (AvgIpc) is 2.66. The van der Waals surface area contributed by atoms with Crippen molar-refractivity contribution in [2.45, 2.75) is 49.7 Å². The van der Waals surface area contributed by atoms with Gasteiger partial charge < -0.3 is 10.5 Å². The molecule has 3 saturated carbocycles. The lowest BCUT2D eigenvalue weighted by Gasteiger charge is -2.68. The van der Waals surface area contributed by atoms with Crippen molar-refractivity contribution in [2.24, 2.45) is 5.73 Å². The highest BCUT2D eigenvalue weighted by Crippen LogP contribution is 2.63. The fraction of sp³-hybridized carbons (Fsp3) is 0.750. The van der Waals surface area contributed by atoms with Crippen molar-refractivity contribution in [3.8, 4) is 5.75 Å². The molecule has 3 aliphatic rings. The molecular formula is C12H16F3N3O2. The molecule has 4 rings (SSSR count). The van der Waals surface area contributed by atoms with Gasteiger partial charge in [0.1, 0.15) is 6.61 Å². The highest BCUT2D eigenvalue weighted by Gasteiger charge is 2.67. The number of nitrogens with zero attached hydrogens (tertiary/aromatic N) is 2. The third-order valence-corrected chi connectivity index (χ3v) is 3.91. The van der Waals surface area contributed by atoms with Gasteiger partial charge >= 0.3 is 6.36 Å². The third kappa shape index (κ3) is 2.37. The molecule has 3 aliphatic carbocycles. The van der Waals surface area contributed by atoms with Gasteiger partial charge in [-0.25, -0.2) is 0 Å². The van der Waals surface area contributed by atoms with Gasteiger partial charge in [-0.05, 0) is 26.2 Å². The van der Waals surface area contributed by atoms with Crippen LogP contribution in [0.3, 0.4) is 0 Å². The van der Waals surface area contributed by atoms with Crippen LogP contribution < -0.4 is 10.5 Å². The van der Waals surface area contributed by atoms with Gasteiger partial charge in [0.2, 0.25) is 0 Å². The first kappa shape index (κ1) is 13.7. The quantitative estimate of drug-likeness (QED) is 0.898. The molecule has 0 spiro atoms. The maximum absolute atomic E-state index is 12.0. The molecule has 1 aromatic heterocycles. The number of ether oxygens (including phenoxy) is 2. The third-order valence-electron chi connectivity index (χ3n) is 3.91. The summed E-state index contributed by atoms with van der Waals surface area (Å²) in [6.45, 7) is 1.12. The van der Waals surface area contributed by atoms with Gasteiger partial charge in [-0.15, -0.1) is 13.2 Å². The van der Waals surface area contributed by atoms with Crippen molar-refractivity contribution in [3.05, 3.63) is 12.4 Å². The van der Waals surface area contributed by atoms with Crippen molar-refractivity contribution in [3.63, 3.8) is 0 Å². The van der Waals surface area contributed by atoms with E-state index >= 15 is 0 Å². The maximum Gasteiger partial charge on any atom is 0.522 e. The van der Waals surface area contributed by atoms with E-state index in [0.29, 0.717) is 5.75 Å². The van der Waals surface area contributed by atoms with Crippen molar-refractivity contribution < 1.29 is 22.6 Å². The second-order valence-electron chi connectivity index (χ2n) is 5.92. The van der Waals surface area contributed by atoms with Crippen LogP contribution in [0.15, 0.2) is 12.4 Å². The summed E-state index contributed by atoms with van der Waals surface area (Å²) < 4.78 is 46.8. The summed E-state index contributed by atoms with van der Waals surface area (Å²) >= 11 is 0. The van der Waals surface area contributed by atoms with Crippen LogP contribution in [0.1, 0.15) is 26.2 Å². The zero-order chi connectivity index (χ0) is 14.6. The first-order chi connectivity index (χ1) is 9.20. The van der Waals surface area contributed by atoms with Crippen molar-refractivity contribution >= 4 is 0 Å². The minimum absolute atomic E-state index is 0.00441. The highest BCUT2D eigenvalue weighted by molar-refractivity contribution is 5.27. The van der Waals surface area contributed by atoms with Crippen LogP contribution in [0, 0.1) is 0 Å². The molecule has 1 atom stereocenters. The number of hydrogen-bond acceptors (Lipinski definition) is 4. The second kappa shape index (κ2) is 4.11. The Kier molecular flexibility index (Phi) is 2.81. The van der Waals surface area contributed by atoms with Crippen molar-refractivity contribution in [1.29, 1.82) is 0 Å². The fourth-order valence-corrected chi connectivity index (χ4v) is 3.17. The molecule has 1 aromatic rings. The lowest BCUT2D eigenvalue weighted by molar-refractivity contribution is -0.342. The molecule has 2 bridgehead atoms. The fourth-order valence-electron chi connectivity index (χ4n) is 3.17. The summed E-state index contributed by atoms with van der Waals surface area (Å²) in [4.78, 5) is 0. The average molecular weight is 291 g/mol. The monoisotopic (exact) mass is 291 g/mol. The zero-order valence-electron chi connectivity index (χ0n) is 11.0. The Labute approximate surface area is 113 Å². The zero-order valence-corrected chi connectivity index (χ0v) is 11.0. The molecular weight excluding hydrogens is 275 g/mol. The summed E-state index contributed by atoms with van der Waals surface area (Å²) in [6.07, 6.45) is 0.190. The number of nitrogens with two attached hydrogens (primary N) is 1. The Hall–Kier alpha value is -1.28. The van der Waals surface area contributed by atoms with Crippen LogP contribution in [0.2, 0.25) is 0 Å². The standard InChI is InChI=1S/C12H16F3N3O2/c1-8(20-12(13,14)15)4-19-9-2-17-18(3-9)11-5-10(16,6-11)7-11/h2-3,8H,4-7,16H2,1H3/t8-,10?,11?/m1/s1. The van der Waals surface area contributed by atoms with E-state index in [1.54, 1.807) is 6.20 Å². The number of rotatable bonds is 5. The minimum Gasteiger partial charge on any atom is -0.488 e. The van der Waals surface area contributed by atoms with E-state index in [9.17, 15) is 13.2 Å². The largest absolute Gasteiger partial charge is 0.522 e. The molecule has 0 aromatic carbocycles. The molecule has 0 saturated heterocycles. The summed E-state index contributed by atoms with van der Waals surface area (Å²) in [6, 6.07) is 0. The predicted octanol–water partition coefficient (Wildman–Crippen LogP) is 1.78. The van der Waals surface area contributed by atoms with E-state index in [1.807, 2.05) is 4.68 Å². The molecule has 0 aliphatic heterocycles. The van der Waals surface area contributed by atoms with E-state index in [2.05, 4.69) is 9.84 Å². The molecule has 3 fully saturated rings. The van der Waals surface area contributed by atoms with Crippen LogP contribution in [-0.4, -0.2) is 34.4 Å². The van der Waals surface area contributed by atoms with Gasteiger partial charge in [-0.2, -0.15) is 5.10 Å². The van der Waals surface area contributed by atoms with Gasteiger partial charge in [-0.1, -0.05) is 0 Å². The van der Waals surface area contributed by atoms with Gasteiger partial charge in [0.25, 0.3) is 0 Å². The Morgan fingerprint density at radius 3 is 2.65 bits per heavy atom. The van der Waals surface area contributed by atoms with Crippen LogP contribution in [0.4, 0.5) is 13.2 Å². The van der Waals surface area contributed by atoms with Crippen LogP contribution in [0.5, 0.6) is 5.75 Å². The SMILES string of the molecule is C[C@H](COc1cnn(C23CC(N)(C2)C3)c1)OC(F)(F)F. The number of hydrogen-bond donors (Lipinski definition) is 1. The lowest BCUT2D eigenvalue weighted by atomic mass is 9.45. The number of alkyl halides is 3. The predicted molar refractivity (Wildman–Crippen MR) is 63.1 cm³/mol. The molecule has 0 radical (unpaired) electrons. The summed E-state index contributed by atoms with van der Waals surface area (Å²) in [5.41, 5.74) is 5.96. The van der Waals surface area contributed by atoms with E-state index in [4.69, 9.17) is 10.5 Å². The van der Waals surface area contributed by atoms with Gasteiger partial charge in [0.15, 0.2) is 5.75 Å². The van der Waals surface area contributed by atoms with Crippen LogP contribution in [0.25, 0.3) is 0 Å². The number of halogens is 3. The smallest absolute Gasteiger partial charge is 0.488 e. The second-order valence-corrected chi connectivity index (χ2v) is 5.92. The molecule has 20 heavy (non-hydrogen) atoms. The minimum atomic E-state index is -4.64. The Morgan fingerprint density at radius 1 is 1.45 bits per heavy atom. The summed E-state index contributed by atoms with van der Waals surface area (Å²) in [5, 5.41) is 4.20. The molecule has 1 heterocycles. The molecule has 5 nitrogen and oxygen atoms in total. The topological polar surface area (TPSA) is 62.3 Å².